The van der Waals surface area contributed by atoms with Gasteiger partial charge in [0.15, 0.2) is 0 Å². The molecule has 0 aliphatic carbocycles. The maximum atomic E-state index is 11.2. The van der Waals surface area contributed by atoms with E-state index in [1.807, 2.05) is 0 Å². The summed E-state index contributed by atoms with van der Waals surface area (Å²) in [5, 5.41) is 8.59. The minimum absolute atomic E-state index is 0. The predicted octanol–water partition coefficient (Wildman–Crippen LogP) is 2.70. The van der Waals surface area contributed by atoms with Crippen molar-refractivity contribution in [3.05, 3.63) is 0 Å². The fourth-order valence-electron chi connectivity index (χ4n) is 3.01. The third-order valence-corrected chi connectivity index (χ3v) is 5.81. The Labute approximate surface area is 186 Å². The maximum Gasteiger partial charge on any atom is 1.00 e. The molecular weight excluding hydrogens is 359 g/mol. The second kappa shape index (κ2) is 22.2. The van der Waals surface area contributed by atoms with Crippen LogP contribution in [0.5, 0.6) is 0 Å². The van der Waals surface area contributed by atoms with E-state index in [2.05, 4.69) is 6.92 Å². The molecule has 0 saturated carbocycles. The van der Waals surface area contributed by atoms with Crippen LogP contribution in [0.4, 0.5) is 0 Å². The minimum Gasteiger partial charge on any atom is -1.00 e. The van der Waals surface area contributed by atoms with Gasteiger partial charge in [-0.05, 0) is 6.42 Å². The van der Waals surface area contributed by atoms with Crippen LogP contribution in [0.1, 0.15) is 111 Å². The van der Waals surface area contributed by atoms with E-state index in [0.717, 1.165) is 19.3 Å². The first-order valence-electron chi connectivity index (χ1n) is 10.6. The third kappa shape index (κ3) is 22.9. The Balaban J connectivity index is -0.00000288. The molecule has 26 heavy (non-hydrogen) atoms. The molecule has 0 radical (unpaired) electrons. The van der Waals surface area contributed by atoms with Gasteiger partial charge in [0.05, 0.1) is 19.0 Å². The molecule has 0 rings (SSSR count). The van der Waals surface area contributed by atoms with E-state index in [-0.39, 0.29) is 50.0 Å². The van der Waals surface area contributed by atoms with Crippen molar-refractivity contribution in [1.82, 2.24) is 0 Å². The summed E-state index contributed by atoms with van der Waals surface area (Å²) in [7, 11) is -3.50. The van der Waals surface area contributed by atoms with Crippen molar-refractivity contribution in [3.8, 4) is 0 Å². The van der Waals surface area contributed by atoms with Crippen molar-refractivity contribution in [1.29, 1.82) is 0 Å². The summed E-state index contributed by atoms with van der Waals surface area (Å²) >= 11 is 0. The largest absolute Gasteiger partial charge is 1.00 e. The molecule has 154 valence electrons. The second-order valence-corrected chi connectivity index (χ2v) is 8.87. The van der Waals surface area contributed by atoms with Crippen LogP contribution in [0.3, 0.4) is 0 Å². The van der Waals surface area contributed by atoms with Crippen LogP contribution in [0, 0.1) is 0 Å². The average molecular weight is 403 g/mol. The standard InChI is InChI=1S/C20H42O4S.Na.H/c1-2-3-4-5-6-7-8-9-10-11-12-13-14-15-16-17-19-24-25(22,23)20-18-21;;/h21H,2-20H2,1H3;;/q;+1;-1. The fourth-order valence-corrected chi connectivity index (χ4v) is 3.72. The smallest absolute Gasteiger partial charge is 1.00 e. The van der Waals surface area contributed by atoms with E-state index in [0.29, 0.717) is 0 Å². The van der Waals surface area contributed by atoms with Crippen molar-refractivity contribution in [2.75, 3.05) is 19.0 Å². The van der Waals surface area contributed by atoms with E-state index in [1.54, 1.807) is 0 Å². The first kappa shape index (κ1) is 29.1. The van der Waals surface area contributed by atoms with Crippen LogP contribution < -0.4 is 29.6 Å². The molecule has 0 heterocycles. The van der Waals surface area contributed by atoms with Crippen LogP contribution in [-0.2, 0) is 14.3 Å². The molecule has 0 spiro atoms. The molecule has 6 heteroatoms. The van der Waals surface area contributed by atoms with Crippen LogP contribution in [0.25, 0.3) is 0 Å². The summed E-state index contributed by atoms with van der Waals surface area (Å²) < 4.78 is 27.2. The first-order chi connectivity index (χ1) is 12.1. The van der Waals surface area contributed by atoms with Gasteiger partial charge in [0.25, 0.3) is 10.1 Å². The molecule has 0 saturated heterocycles. The zero-order chi connectivity index (χ0) is 18.6. The molecule has 0 unspecified atom stereocenters. The Morgan fingerprint density at radius 1 is 0.692 bits per heavy atom. The number of aliphatic hydroxyl groups excluding tert-OH is 1. The molecule has 0 aromatic carbocycles. The van der Waals surface area contributed by atoms with Gasteiger partial charge in [0.1, 0.15) is 0 Å². The van der Waals surface area contributed by atoms with Crippen LogP contribution in [0.15, 0.2) is 0 Å². The Morgan fingerprint density at radius 2 is 1.04 bits per heavy atom. The van der Waals surface area contributed by atoms with Gasteiger partial charge in [-0.25, -0.2) is 0 Å². The summed E-state index contributed by atoms with van der Waals surface area (Å²) in [5.74, 6) is -0.300. The number of unbranched alkanes of at least 4 members (excludes halogenated alkanes) is 15. The fraction of sp³-hybridized carbons (Fsp3) is 1.00. The van der Waals surface area contributed by atoms with E-state index in [9.17, 15) is 8.42 Å². The van der Waals surface area contributed by atoms with Gasteiger partial charge < -0.3 is 6.53 Å². The maximum absolute atomic E-state index is 11.2. The summed E-state index contributed by atoms with van der Waals surface area (Å²) in [5.41, 5.74) is 0. The van der Waals surface area contributed by atoms with E-state index in [4.69, 9.17) is 9.29 Å². The molecule has 0 fully saturated rings. The van der Waals surface area contributed by atoms with Gasteiger partial charge >= 0.3 is 29.6 Å². The molecule has 0 bridgehead atoms. The van der Waals surface area contributed by atoms with E-state index < -0.39 is 10.1 Å². The second-order valence-electron chi connectivity index (χ2n) is 7.11. The molecule has 0 aliphatic rings. The van der Waals surface area contributed by atoms with Crippen LogP contribution in [0.2, 0.25) is 0 Å². The number of rotatable bonds is 20. The number of hydrogen-bond donors (Lipinski definition) is 1. The van der Waals surface area contributed by atoms with E-state index in [1.165, 1.54) is 83.5 Å². The van der Waals surface area contributed by atoms with Gasteiger partial charge in [0.2, 0.25) is 0 Å². The molecule has 0 aromatic heterocycles. The van der Waals surface area contributed by atoms with Crippen molar-refractivity contribution in [3.63, 3.8) is 0 Å². The summed E-state index contributed by atoms with van der Waals surface area (Å²) in [6, 6.07) is 0. The molecule has 4 nitrogen and oxygen atoms in total. The van der Waals surface area contributed by atoms with Crippen molar-refractivity contribution >= 4 is 10.1 Å². The third-order valence-electron chi connectivity index (χ3n) is 4.60. The zero-order valence-corrected chi connectivity index (χ0v) is 20.3. The number of hydrogen-bond acceptors (Lipinski definition) is 4. The quantitative estimate of drug-likeness (QED) is 0.193. The van der Waals surface area contributed by atoms with E-state index >= 15 is 0 Å². The Bertz CT molecular complexity index is 367. The van der Waals surface area contributed by atoms with Crippen LogP contribution >= 0.6 is 0 Å². The monoisotopic (exact) mass is 402 g/mol. The van der Waals surface area contributed by atoms with Crippen LogP contribution in [-0.4, -0.2) is 32.5 Å². The van der Waals surface area contributed by atoms with Gasteiger partial charge in [-0.3, -0.25) is 4.18 Å². The van der Waals surface area contributed by atoms with Gasteiger partial charge in [-0.1, -0.05) is 103 Å². The average Bonchev–Trinajstić information content (AvgIpc) is 2.57. The van der Waals surface area contributed by atoms with Crippen molar-refractivity contribution in [2.24, 2.45) is 0 Å². The molecule has 0 atom stereocenters. The Kier molecular flexibility index (Phi) is 24.8. The molecular formula is C20H43NaO4S. The number of aliphatic hydroxyl groups is 1. The van der Waals surface area contributed by atoms with Gasteiger partial charge in [0, 0.05) is 0 Å². The van der Waals surface area contributed by atoms with Gasteiger partial charge in [-0.2, -0.15) is 8.42 Å². The Hall–Kier alpha value is 0.870. The van der Waals surface area contributed by atoms with Crippen molar-refractivity contribution < 1.29 is 48.7 Å². The first-order valence-corrected chi connectivity index (χ1v) is 12.2. The SMILES string of the molecule is CCCCCCCCCCCCCCCCCCOS(=O)(=O)CCO.[H-].[Na+]. The Morgan fingerprint density at radius 3 is 1.38 bits per heavy atom. The summed E-state index contributed by atoms with van der Waals surface area (Å²) in [4.78, 5) is 0. The molecule has 0 amide bonds. The molecule has 1 N–H and O–H groups in total. The minimum atomic E-state index is -3.50. The summed E-state index contributed by atoms with van der Waals surface area (Å²) in [6.45, 7) is 2.14. The van der Waals surface area contributed by atoms with Gasteiger partial charge in [-0.15, -0.1) is 0 Å². The zero-order valence-electron chi connectivity index (χ0n) is 18.5. The molecule has 0 aromatic rings. The summed E-state index contributed by atoms with van der Waals surface area (Å²) in [6.07, 6.45) is 20.8. The molecule has 0 aliphatic heterocycles. The predicted molar refractivity (Wildman–Crippen MR) is 107 cm³/mol. The van der Waals surface area contributed by atoms with Crippen molar-refractivity contribution in [2.45, 2.75) is 110 Å². The topological polar surface area (TPSA) is 63.6 Å². The normalized spacial score (nSPS) is 11.5.